The van der Waals surface area contributed by atoms with Gasteiger partial charge in [0.2, 0.25) is 0 Å². The number of tetrazole rings is 1. The van der Waals surface area contributed by atoms with E-state index in [1.165, 1.54) is 4.80 Å². The van der Waals surface area contributed by atoms with Crippen molar-refractivity contribution < 1.29 is 8.78 Å². The lowest BCUT2D eigenvalue weighted by molar-refractivity contribution is -0.110. The molecule has 4 nitrogen and oxygen atoms in total. The minimum absolute atomic E-state index is 0.164. The van der Waals surface area contributed by atoms with Gasteiger partial charge in [-0.25, -0.2) is 8.78 Å². The third-order valence-corrected chi connectivity index (χ3v) is 1.92. The third-order valence-electron chi connectivity index (χ3n) is 1.92. The first kappa shape index (κ1) is 7.57. The lowest BCUT2D eigenvalue weighted by atomic mass is 9.89. The number of alkyl halides is 2. The van der Waals surface area contributed by atoms with Gasteiger partial charge in [-0.2, -0.15) is 4.80 Å². The standard InChI is InChI=1S/C6H8F2N4/c1-4-9-11-12(10-4)5-2-6(7,8)3-5/h5H,2-3H2,1H3. The van der Waals surface area contributed by atoms with Crippen LogP contribution in [0.2, 0.25) is 0 Å². The lowest BCUT2D eigenvalue weighted by Crippen LogP contribution is -2.38. The van der Waals surface area contributed by atoms with Crippen LogP contribution in [0.25, 0.3) is 0 Å². The van der Waals surface area contributed by atoms with E-state index in [0.29, 0.717) is 5.82 Å². The average Bonchev–Trinajstić information content (AvgIpc) is 2.30. The highest BCUT2D eigenvalue weighted by molar-refractivity contribution is 4.88. The van der Waals surface area contributed by atoms with Crippen LogP contribution in [0.4, 0.5) is 8.78 Å². The molecule has 0 aromatic carbocycles. The van der Waals surface area contributed by atoms with Gasteiger partial charge in [0.25, 0.3) is 5.92 Å². The van der Waals surface area contributed by atoms with Gasteiger partial charge in [0.1, 0.15) is 0 Å². The van der Waals surface area contributed by atoms with Crippen LogP contribution >= 0.6 is 0 Å². The molecular weight excluding hydrogens is 166 g/mol. The van der Waals surface area contributed by atoms with Crippen molar-refractivity contribution in [2.24, 2.45) is 0 Å². The van der Waals surface area contributed by atoms with Gasteiger partial charge >= 0.3 is 0 Å². The monoisotopic (exact) mass is 174 g/mol. The van der Waals surface area contributed by atoms with Gasteiger partial charge in [-0.1, -0.05) is 0 Å². The van der Waals surface area contributed by atoms with Crippen LogP contribution in [0.15, 0.2) is 0 Å². The van der Waals surface area contributed by atoms with Crippen molar-refractivity contribution in [3.8, 4) is 0 Å². The Hall–Kier alpha value is -1.07. The summed E-state index contributed by atoms with van der Waals surface area (Å²) in [5.41, 5.74) is 0. The molecule has 2 rings (SSSR count). The van der Waals surface area contributed by atoms with Crippen LogP contribution in [0.3, 0.4) is 0 Å². The zero-order chi connectivity index (χ0) is 8.77. The van der Waals surface area contributed by atoms with Crippen LogP contribution in [-0.4, -0.2) is 26.1 Å². The summed E-state index contributed by atoms with van der Waals surface area (Å²) in [4.78, 5) is 1.27. The predicted octanol–water partition coefficient (Wildman–Crippen LogP) is 0.952. The largest absolute Gasteiger partial charge is 0.252 e. The quantitative estimate of drug-likeness (QED) is 0.636. The number of halogens is 2. The van der Waals surface area contributed by atoms with Crippen LogP contribution in [0, 0.1) is 6.92 Å². The molecule has 1 fully saturated rings. The number of aryl methyl sites for hydroxylation is 1. The van der Waals surface area contributed by atoms with E-state index in [0.717, 1.165) is 0 Å². The first-order valence-electron chi connectivity index (χ1n) is 3.71. The fraction of sp³-hybridized carbons (Fsp3) is 0.833. The maximum absolute atomic E-state index is 12.4. The van der Waals surface area contributed by atoms with Crippen molar-refractivity contribution in [3.63, 3.8) is 0 Å². The van der Waals surface area contributed by atoms with Gasteiger partial charge in [0, 0.05) is 12.8 Å². The van der Waals surface area contributed by atoms with E-state index >= 15 is 0 Å². The van der Waals surface area contributed by atoms with Gasteiger partial charge in [-0.05, 0) is 12.1 Å². The minimum Gasteiger partial charge on any atom is -0.207 e. The highest BCUT2D eigenvalue weighted by atomic mass is 19.3. The van der Waals surface area contributed by atoms with Crippen molar-refractivity contribution in [1.29, 1.82) is 0 Å². The van der Waals surface area contributed by atoms with Crippen LogP contribution < -0.4 is 0 Å². The zero-order valence-corrected chi connectivity index (χ0v) is 6.54. The van der Waals surface area contributed by atoms with Crippen LogP contribution in [0.5, 0.6) is 0 Å². The molecule has 0 atom stereocenters. The number of hydrogen-bond donors (Lipinski definition) is 0. The summed E-state index contributed by atoms with van der Waals surface area (Å²) in [5.74, 6) is -2.00. The van der Waals surface area contributed by atoms with Crippen molar-refractivity contribution in [1.82, 2.24) is 20.2 Å². The summed E-state index contributed by atoms with van der Waals surface area (Å²) >= 11 is 0. The molecule has 0 saturated heterocycles. The Balaban J connectivity index is 2.06. The van der Waals surface area contributed by atoms with Gasteiger partial charge in [0.05, 0.1) is 6.04 Å². The molecule has 1 aliphatic carbocycles. The summed E-state index contributed by atoms with van der Waals surface area (Å²) in [6.07, 6.45) is -0.328. The first-order valence-corrected chi connectivity index (χ1v) is 3.71. The lowest BCUT2D eigenvalue weighted by Gasteiger charge is -2.33. The fourth-order valence-corrected chi connectivity index (χ4v) is 1.25. The maximum Gasteiger partial charge on any atom is 0.252 e. The predicted molar refractivity (Wildman–Crippen MR) is 35.8 cm³/mol. The number of nitrogens with zero attached hydrogens (tertiary/aromatic N) is 4. The minimum atomic E-state index is -2.52. The molecule has 1 heterocycles. The molecule has 0 N–H and O–H groups in total. The molecule has 0 spiro atoms. The summed E-state index contributed by atoms with van der Waals surface area (Å²) in [7, 11) is 0. The smallest absolute Gasteiger partial charge is 0.207 e. The molecule has 1 aliphatic rings. The van der Waals surface area contributed by atoms with Gasteiger partial charge in [-0.15, -0.1) is 10.2 Å². The zero-order valence-electron chi connectivity index (χ0n) is 6.54. The molecule has 1 saturated carbocycles. The Morgan fingerprint density at radius 1 is 1.50 bits per heavy atom. The maximum atomic E-state index is 12.4. The van der Waals surface area contributed by atoms with Crippen LogP contribution in [0.1, 0.15) is 24.7 Å². The van der Waals surface area contributed by atoms with E-state index in [4.69, 9.17) is 0 Å². The van der Waals surface area contributed by atoms with E-state index in [-0.39, 0.29) is 18.9 Å². The van der Waals surface area contributed by atoms with Crippen molar-refractivity contribution >= 4 is 0 Å². The number of rotatable bonds is 1. The molecular formula is C6H8F2N4. The summed E-state index contributed by atoms with van der Waals surface area (Å²) in [6.45, 7) is 1.68. The Kier molecular flexibility index (Phi) is 1.39. The number of aromatic nitrogens is 4. The molecule has 6 heteroatoms. The Labute approximate surface area is 67.6 Å². The van der Waals surface area contributed by atoms with E-state index in [1.807, 2.05) is 0 Å². The van der Waals surface area contributed by atoms with Crippen molar-refractivity contribution in [3.05, 3.63) is 5.82 Å². The Morgan fingerprint density at radius 3 is 2.58 bits per heavy atom. The second-order valence-corrected chi connectivity index (χ2v) is 3.08. The molecule has 66 valence electrons. The van der Waals surface area contributed by atoms with E-state index < -0.39 is 5.92 Å². The van der Waals surface area contributed by atoms with Gasteiger partial charge < -0.3 is 0 Å². The van der Waals surface area contributed by atoms with Crippen LogP contribution in [-0.2, 0) is 0 Å². The van der Waals surface area contributed by atoms with Gasteiger partial charge in [0.15, 0.2) is 5.82 Å². The molecule has 12 heavy (non-hydrogen) atoms. The van der Waals surface area contributed by atoms with Crippen molar-refractivity contribution in [2.75, 3.05) is 0 Å². The topological polar surface area (TPSA) is 43.6 Å². The molecule has 0 unspecified atom stereocenters. The number of hydrogen-bond acceptors (Lipinski definition) is 3. The fourth-order valence-electron chi connectivity index (χ4n) is 1.25. The second kappa shape index (κ2) is 2.21. The summed E-state index contributed by atoms with van der Waals surface area (Å²) in [5, 5.41) is 11.1. The second-order valence-electron chi connectivity index (χ2n) is 3.08. The normalized spacial score (nSPS) is 22.2. The third kappa shape index (κ3) is 1.17. The highest BCUT2D eigenvalue weighted by Gasteiger charge is 2.47. The molecule has 1 aromatic heterocycles. The Morgan fingerprint density at radius 2 is 2.17 bits per heavy atom. The average molecular weight is 174 g/mol. The molecule has 0 aliphatic heterocycles. The molecule has 0 amide bonds. The molecule has 0 radical (unpaired) electrons. The first-order chi connectivity index (χ1) is 5.57. The van der Waals surface area contributed by atoms with E-state index in [1.54, 1.807) is 6.92 Å². The molecule has 0 bridgehead atoms. The van der Waals surface area contributed by atoms with E-state index in [2.05, 4.69) is 15.4 Å². The summed E-state index contributed by atoms with van der Waals surface area (Å²) in [6, 6.07) is -0.263. The van der Waals surface area contributed by atoms with E-state index in [9.17, 15) is 8.78 Å². The summed E-state index contributed by atoms with van der Waals surface area (Å²) < 4.78 is 24.8. The Bertz CT molecular complexity index is 287. The highest BCUT2D eigenvalue weighted by Crippen LogP contribution is 2.44. The SMILES string of the molecule is Cc1nnn(C2CC(F)(F)C2)n1. The van der Waals surface area contributed by atoms with Gasteiger partial charge in [-0.3, -0.25) is 0 Å². The van der Waals surface area contributed by atoms with Crippen molar-refractivity contribution in [2.45, 2.75) is 31.7 Å². The molecule has 1 aromatic rings.